The predicted molar refractivity (Wildman–Crippen MR) is 78.1 cm³/mol. The van der Waals surface area contributed by atoms with E-state index in [2.05, 4.69) is 4.98 Å². The highest BCUT2D eigenvalue weighted by Gasteiger charge is 2.30. The maximum absolute atomic E-state index is 13.0. The minimum absolute atomic E-state index is 0.0329. The average molecular weight is 289 g/mol. The van der Waals surface area contributed by atoms with Gasteiger partial charge in [-0.15, -0.1) is 0 Å². The number of Topliss-reactive ketones (excluding diaryl/α,β-unsaturated/α-hetero) is 2. The number of ketones is 2. The van der Waals surface area contributed by atoms with Crippen LogP contribution in [0.25, 0.3) is 10.9 Å². The van der Waals surface area contributed by atoms with Crippen molar-refractivity contribution < 1.29 is 15.1 Å². The van der Waals surface area contributed by atoms with Crippen LogP contribution in [0.1, 0.15) is 36.6 Å². The number of carbonyl (C=O) groups excluding carboxylic acids is 2. The first-order valence-corrected chi connectivity index (χ1v) is 6.36. The zero-order valence-corrected chi connectivity index (χ0v) is 11.1. The number of aryl methyl sites for hydroxylation is 1. The van der Waals surface area contributed by atoms with Crippen molar-refractivity contribution in [3.05, 3.63) is 34.3 Å². The number of rotatable bonds is 1. The van der Waals surface area contributed by atoms with Crippen LogP contribution in [0.5, 0.6) is 0 Å². The number of nitrogens with zero attached hydrogens (tertiary/aromatic N) is 2. The summed E-state index contributed by atoms with van der Waals surface area (Å²) in [7, 11) is 0. The van der Waals surface area contributed by atoms with Gasteiger partial charge in [-0.1, -0.05) is 6.07 Å². The fourth-order valence-electron chi connectivity index (χ4n) is 2.45. The van der Waals surface area contributed by atoms with E-state index in [4.69, 9.17) is 11.2 Å². The largest absolute Gasteiger partial charge is 0.398 e. The number of nitrogens with two attached hydrogens (primary N) is 1. The molecule has 3 rings (SSSR count). The minimum atomic E-state index is -2.05. The van der Waals surface area contributed by atoms with Crippen LogP contribution >= 0.6 is 0 Å². The molecule has 2 N–H and O–H groups in total. The smallest absolute Gasteiger partial charge is 0.264 e. The summed E-state index contributed by atoms with van der Waals surface area (Å²) in [6, 6.07) is -1.33. The van der Waals surface area contributed by atoms with E-state index in [9.17, 15) is 14.4 Å². The Balaban J connectivity index is 2.41. The summed E-state index contributed by atoms with van der Waals surface area (Å²) in [5.74, 6) is -1.20. The molecule has 6 nitrogen and oxygen atoms in total. The first-order valence-electron chi connectivity index (χ1n) is 8.57. The van der Waals surface area contributed by atoms with Gasteiger partial charge in [-0.3, -0.25) is 19.0 Å². The van der Waals surface area contributed by atoms with Crippen molar-refractivity contribution in [1.29, 1.82) is 0 Å². The molecule has 1 aliphatic carbocycles. The minimum Gasteiger partial charge on any atom is -0.398 e. The molecule has 0 saturated heterocycles. The number of hydrogen-bond donors (Lipinski definition) is 1. The van der Waals surface area contributed by atoms with Crippen molar-refractivity contribution in [2.45, 2.75) is 32.2 Å². The summed E-state index contributed by atoms with van der Waals surface area (Å²) in [6.07, 6.45) is -0.684. The van der Waals surface area contributed by atoms with Gasteiger partial charge >= 0.3 is 0 Å². The quantitative estimate of drug-likeness (QED) is 0.627. The summed E-state index contributed by atoms with van der Waals surface area (Å²) in [5.41, 5.74) is 4.70. The van der Waals surface area contributed by atoms with Crippen LogP contribution in [-0.2, 0) is 9.59 Å². The van der Waals surface area contributed by atoms with Crippen LogP contribution in [0.3, 0.4) is 0 Å². The van der Waals surface area contributed by atoms with Gasteiger partial charge in [0, 0.05) is 13.5 Å². The van der Waals surface area contributed by atoms with Crippen LogP contribution in [0.4, 0.5) is 5.69 Å². The lowest BCUT2D eigenvalue weighted by Crippen LogP contribution is -2.36. The Morgan fingerprint density at radius 3 is 3.00 bits per heavy atom. The summed E-state index contributed by atoms with van der Waals surface area (Å²) >= 11 is 0. The van der Waals surface area contributed by atoms with Crippen molar-refractivity contribution in [3.63, 3.8) is 0 Å². The van der Waals surface area contributed by atoms with E-state index in [0.717, 1.165) is 10.6 Å². The molecule has 1 aromatic carbocycles. The van der Waals surface area contributed by atoms with Crippen molar-refractivity contribution >= 4 is 28.2 Å². The third-order valence-electron chi connectivity index (χ3n) is 3.45. The summed E-state index contributed by atoms with van der Waals surface area (Å²) in [5, 5.41) is -0.217. The molecule has 1 aliphatic rings. The van der Waals surface area contributed by atoms with Gasteiger partial charge in [-0.05, 0) is 25.4 Å². The van der Waals surface area contributed by atoms with Gasteiger partial charge in [-0.2, -0.15) is 0 Å². The normalized spacial score (nSPS) is 25.3. The predicted octanol–water partition coefficient (Wildman–Crippen LogP) is 1.15. The highest BCUT2D eigenvalue weighted by Crippen LogP contribution is 2.24. The molecule has 0 aliphatic heterocycles. The van der Waals surface area contributed by atoms with E-state index >= 15 is 0 Å². The lowest BCUT2D eigenvalue weighted by molar-refractivity contribution is -0.132. The summed E-state index contributed by atoms with van der Waals surface area (Å²) < 4.78 is 32.6. The monoisotopic (exact) mass is 289 g/mol. The SMILES string of the molecule is [2H]Cc1nc2c([2H])cc([2H])c(N)c2c(=O)n1C1([2H])CCC(=O)CC1=O. The van der Waals surface area contributed by atoms with Crippen LogP contribution in [0, 0.1) is 6.90 Å². The molecule has 6 heteroatoms. The van der Waals surface area contributed by atoms with Crippen molar-refractivity contribution in [1.82, 2.24) is 9.55 Å². The van der Waals surface area contributed by atoms with Gasteiger partial charge in [-0.25, -0.2) is 4.98 Å². The lowest BCUT2D eigenvalue weighted by atomic mass is 9.92. The van der Waals surface area contributed by atoms with Gasteiger partial charge in [0.2, 0.25) is 0 Å². The molecule has 1 heterocycles. The van der Waals surface area contributed by atoms with E-state index in [1.165, 1.54) is 0 Å². The molecule has 1 saturated carbocycles. The molecule has 0 radical (unpaired) electrons. The van der Waals surface area contributed by atoms with Crippen molar-refractivity contribution in [2.75, 3.05) is 5.73 Å². The Morgan fingerprint density at radius 2 is 2.29 bits per heavy atom. The molecule has 1 fully saturated rings. The Hall–Kier alpha value is -2.50. The molecule has 0 amide bonds. The first-order chi connectivity index (χ1) is 11.7. The topological polar surface area (TPSA) is 95.0 Å². The van der Waals surface area contributed by atoms with Gasteiger partial charge in [0.1, 0.15) is 11.6 Å². The zero-order chi connectivity index (χ0) is 18.5. The first kappa shape index (κ1) is 9.44. The van der Waals surface area contributed by atoms with E-state index in [1.54, 1.807) is 0 Å². The maximum atomic E-state index is 13.0. The van der Waals surface area contributed by atoms with E-state index < -0.39 is 30.7 Å². The number of hydrogen-bond acceptors (Lipinski definition) is 5. The lowest BCUT2D eigenvalue weighted by Gasteiger charge is -2.24. The molecule has 1 unspecified atom stereocenters. The fourth-order valence-corrected chi connectivity index (χ4v) is 2.45. The van der Waals surface area contributed by atoms with E-state index in [-0.39, 0.29) is 53.1 Å². The molecular weight excluding hydrogens is 270 g/mol. The third kappa shape index (κ3) is 2.12. The number of aromatic nitrogens is 2. The number of anilines is 1. The van der Waals surface area contributed by atoms with Crippen LogP contribution in [0.2, 0.25) is 0 Å². The van der Waals surface area contributed by atoms with Gasteiger partial charge in [0.05, 0.1) is 27.5 Å². The summed E-state index contributed by atoms with van der Waals surface area (Å²) in [4.78, 5) is 40.9. The molecule has 0 bridgehead atoms. The zero-order valence-electron chi connectivity index (χ0n) is 15.1. The van der Waals surface area contributed by atoms with E-state index in [1.807, 2.05) is 0 Å². The van der Waals surface area contributed by atoms with Crippen LogP contribution in [-0.4, -0.2) is 21.1 Å². The second-order valence-electron chi connectivity index (χ2n) is 4.82. The number of fused-ring (bicyclic) bond motifs is 1. The van der Waals surface area contributed by atoms with Crippen molar-refractivity contribution in [3.8, 4) is 0 Å². The van der Waals surface area contributed by atoms with Gasteiger partial charge in [0.15, 0.2) is 5.78 Å². The Morgan fingerprint density at radius 1 is 1.48 bits per heavy atom. The number of benzene rings is 1. The Labute approximate surface area is 126 Å². The molecule has 1 aromatic heterocycles. The maximum Gasteiger partial charge on any atom is 0.264 e. The van der Waals surface area contributed by atoms with Crippen molar-refractivity contribution in [2.24, 2.45) is 0 Å². The highest BCUT2D eigenvalue weighted by atomic mass is 16.2. The van der Waals surface area contributed by atoms with Gasteiger partial charge in [0.25, 0.3) is 5.56 Å². The molecule has 21 heavy (non-hydrogen) atoms. The third-order valence-corrected chi connectivity index (χ3v) is 3.45. The Bertz CT molecular complexity index is 988. The highest BCUT2D eigenvalue weighted by molar-refractivity contribution is 6.03. The molecule has 1 atom stereocenters. The Kier molecular flexibility index (Phi) is 2.16. The van der Waals surface area contributed by atoms with Crippen LogP contribution in [0.15, 0.2) is 22.9 Å². The average Bonchev–Trinajstić information content (AvgIpc) is 2.55. The standard InChI is InChI=1S/C15H15N3O3/c1-8-17-11-4-2-3-10(16)14(11)15(21)18(8)12-6-5-9(19)7-13(12)20/h2-4,12H,5-7,16H2,1H3/i1D,3D,4D,12D. The van der Waals surface area contributed by atoms with E-state index in [0.29, 0.717) is 0 Å². The second kappa shape index (κ2) is 4.80. The molecule has 2 aromatic rings. The second-order valence-corrected chi connectivity index (χ2v) is 4.82. The molecule has 0 spiro atoms. The summed E-state index contributed by atoms with van der Waals surface area (Å²) in [6.45, 7) is -0.491. The number of carbonyl (C=O) groups is 2. The number of nitrogen functional groups attached to an aromatic ring is 1. The fraction of sp³-hybridized carbons (Fsp3) is 0.333. The molecule has 108 valence electrons. The van der Waals surface area contributed by atoms with Crippen LogP contribution < -0.4 is 11.3 Å². The van der Waals surface area contributed by atoms with Gasteiger partial charge < -0.3 is 5.73 Å². The molecular formula is C15H15N3O3.